The fourth-order valence-electron chi connectivity index (χ4n) is 3.62. The number of hydrogen-bond donors (Lipinski definition) is 0. The Balaban J connectivity index is 0. The van der Waals surface area contributed by atoms with E-state index in [1.165, 1.54) is 12.0 Å². The van der Waals surface area contributed by atoms with Crippen molar-refractivity contribution in [3.8, 4) is 0 Å². The minimum absolute atomic E-state index is 0.375. The number of esters is 1. The van der Waals surface area contributed by atoms with Gasteiger partial charge in [-0.05, 0) is 67.8 Å². The molecule has 0 atom stereocenters. The van der Waals surface area contributed by atoms with E-state index in [1.807, 2.05) is 48.6 Å². The van der Waals surface area contributed by atoms with Crippen LogP contribution >= 0.6 is 0 Å². The summed E-state index contributed by atoms with van der Waals surface area (Å²) in [5, 5.41) is 0. The van der Waals surface area contributed by atoms with E-state index in [4.69, 9.17) is 4.74 Å². The second-order valence-electron chi connectivity index (χ2n) is 13.1. The molecule has 1 aromatic rings. The molecule has 0 spiro atoms. The van der Waals surface area contributed by atoms with Gasteiger partial charge in [-0.25, -0.2) is 4.79 Å². The number of allylic oxidation sites excluding steroid dienone is 5. The first kappa shape index (κ1) is 39.3. The standard InChI is InChI=1S/C16H20O4.C12H26.C8H12/c1-14(15-9-5-4-6-10-15)16(18)20-12-8-3-2-7-11-19-13-17;1-10(2,3)9-12(7,8)11(4,5)6;1-4-5-6-7-8(2)3/h4-6,9-10,13H,1-3,7-8,11-12H2;9H2,1-8H3;4-7H,1H2,2-3H3/b;;6-5-. The number of carbonyl (C=O) groups excluding carboxylic acids is 2. The quantitative estimate of drug-likeness (QED) is 0.0800. The molecule has 0 heterocycles. The van der Waals surface area contributed by atoms with Crippen LogP contribution in [-0.4, -0.2) is 25.7 Å². The number of unbranched alkanes of at least 4 members (excludes halogenated alkanes) is 3. The van der Waals surface area contributed by atoms with Crippen LogP contribution in [0.5, 0.6) is 0 Å². The molecule has 1 rings (SSSR count). The SMILES string of the molecule is C=C(C(=O)OCCCCCCOC=O)c1ccccc1.C=C/C=C\C=C(C)C.CC(C)(C)CC(C)(C)C(C)(C)C. The van der Waals surface area contributed by atoms with Crippen molar-refractivity contribution in [2.75, 3.05) is 13.2 Å². The van der Waals surface area contributed by atoms with E-state index in [0.717, 1.165) is 31.2 Å². The van der Waals surface area contributed by atoms with Gasteiger partial charge in [-0.1, -0.05) is 129 Å². The predicted molar refractivity (Wildman–Crippen MR) is 173 cm³/mol. The summed E-state index contributed by atoms with van der Waals surface area (Å²) < 4.78 is 9.74. The molecule has 0 N–H and O–H groups in total. The van der Waals surface area contributed by atoms with Crippen molar-refractivity contribution in [1.29, 1.82) is 0 Å². The summed E-state index contributed by atoms with van der Waals surface area (Å²) in [7, 11) is 0. The zero-order valence-corrected chi connectivity index (χ0v) is 27.3. The van der Waals surface area contributed by atoms with Gasteiger partial charge in [0.1, 0.15) is 0 Å². The summed E-state index contributed by atoms with van der Waals surface area (Å²) in [6, 6.07) is 9.26. The van der Waals surface area contributed by atoms with Crippen LogP contribution in [0.25, 0.3) is 5.57 Å². The van der Waals surface area contributed by atoms with Crippen molar-refractivity contribution < 1.29 is 19.1 Å². The highest BCUT2D eigenvalue weighted by Gasteiger charge is 2.35. The molecule has 0 fully saturated rings. The third-order valence-electron chi connectivity index (χ3n) is 6.51. The molecule has 0 saturated carbocycles. The molecule has 0 saturated heterocycles. The second kappa shape index (κ2) is 20.9. The third kappa shape index (κ3) is 22.0. The summed E-state index contributed by atoms with van der Waals surface area (Å²) in [5.41, 5.74) is 3.74. The zero-order valence-electron chi connectivity index (χ0n) is 27.3. The fourth-order valence-corrected chi connectivity index (χ4v) is 3.62. The van der Waals surface area contributed by atoms with Gasteiger partial charge in [0.2, 0.25) is 0 Å². The Labute approximate surface area is 246 Å². The summed E-state index contributed by atoms with van der Waals surface area (Å²) in [6.07, 6.45) is 12.5. The zero-order chi connectivity index (χ0) is 31.2. The molecule has 0 amide bonds. The Morgan fingerprint density at radius 3 is 1.82 bits per heavy atom. The lowest BCUT2D eigenvalue weighted by Crippen LogP contribution is -2.33. The van der Waals surface area contributed by atoms with Crippen LogP contribution in [0.4, 0.5) is 0 Å². The van der Waals surface area contributed by atoms with Crippen molar-refractivity contribution in [2.45, 2.75) is 101 Å². The highest BCUT2D eigenvalue weighted by molar-refractivity contribution is 6.15. The minimum atomic E-state index is -0.375. The molecule has 0 aliphatic carbocycles. The first-order chi connectivity index (χ1) is 18.5. The van der Waals surface area contributed by atoms with Crippen LogP contribution < -0.4 is 0 Å². The Morgan fingerprint density at radius 2 is 1.40 bits per heavy atom. The first-order valence-electron chi connectivity index (χ1n) is 14.4. The van der Waals surface area contributed by atoms with Gasteiger partial charge in [0.05, 0.1) is 18.8 Å². The Hall–Kier alpha value is -2.88. The average molecular weight is 555 g/mol. The van der Waals surface area contributed by atoms with E-state index in [2.05, 4.69) is 87.1 Å². The van der Waals surface area contributed by atoms with Crippen LogP contribution in [0.3, 0.4) is 0 Å². The molecule has 0 aliphatic rings. The van der Waals surface area contributed by atoms with Crippen molar-refractivity contribution >= 4 is 18.0 Å². The van der Waals surface area contributed by atoms with Crippen LogP contribution in [0.2, 0.25) is 0 Å². The van der Waals surface area contributed by atoms with E-state index in [1.54, 1.807) is 6.08 Å². The second-order valence-corrected chi connectivity index (χ2v) is 13.1. The fraction of sp³-hybridized carbons (Fsp3) is 0.556. The monoisotopic (exact) mass is 554 g/mol. The Bertz CT molecular complexity index is 902. The topological polar surface area (TPSA) is 52.6 Å². The highest BCUT2D eigenvalue weighted by Crippen LogP contribution is 2.45. The maximum absolute atomic E-state index is 11.7. The maximum atomic E-state index is 11.7. The molecule has 0 unspecified atom stereocenters. The lowest BCUT2D eigenvalue weighted by Gasteiger charge is -2.43. The largest absolute Gasteiger partial charge is 0.468 e. The van der Waals surface area contributed by atoms with E-state index >= 15 is 0 Å². The van der Waals surface area contributed by atoms with E-state index in [0.29, 0.717) is 41.5 Å². The van der Waals surface area contributed by atoms with Crippen molar-refractivity contribution in [1.82, 2.24) is 0 Å². The van der Waals surface area contributed by atoms with E-state index < -0.39 is 0 Å². The van der Waals surface area contributed by atoms with Crippen LogP contribution in [0, 0.1) is 16.2 Å². The smallest absolute Gasteiger partial charge is 0.338 e. The number of carbonyl (C=O) groups is 2. The lowest BCUT2D eigenvalue weighted by atomic mass is 9.63. The molecule has 4 heteroatoms. The summed E-state index contributed by atoms with van der Waals surface area (Å²) >= 11 is 0. The van der Waals surface area contributed by atoms with Gasteiger partial charge in [-0.15, -0.1) is 0 Å². The van der Waals surface area contributed by atoms with Gasteiger partial charge in [0.25, 0.3) is 6.47 Å². The van der Waals surface area contributed by atoms with Crippen molar-refractivity contribution in [3.05, 3.63) is 78.9 Å². The van der Waals surface area contributed by atoms with Gasteiger partial charge >= 0.3 is 5.97 Å². The maximum Gasteiger partial charge on any atom is 0.338 e. The molecular weight excluding hydrogens is 496 g/mol. The number of ether oxygens (including phenoxy) is 2. The van der Waals surface area contributed by atoms with Crippen LogP contribution in [-0.2, 0) is 19.1 Å². The van der Waals surface area contributed by atoms with Gasteiger partial charge in [-0.2, -0.15) is 0 Å². The molecule has 0 aliphatic heterocycles. The molecule has 0 radical (unpaired) electrons. The molecule has 1 aromatic carbocycles. The van der Waals surface area contributed by atoms with Crippen LogP contribution in [0.1, 0.15) is 107 Å². The summed E-state index contributed by atoms with van der Waals surface area (Å²) in [4.78, 5) is 21.6. The molecule has 0 bridgehead atoms. The highest BCUT2D eigenvalue weighted by atomic mass is 16.5. The van der Waals surface area contributed by atoms with Gasteiger partial charge in [-0.3, -0.25) is 4.79 Å². The van der Waals surface area contributed by atoms with Crippen molar-refractivity contribution in [2.24, 2.45) is 16.2 Å². The van der Waals surface area contributed by atoms with E-state index in [9.17, 15) is 9.59 Å². The minimum Gasteiger partial charge on any atom is -0.468 e. The third-order valence-corrected chi connectivity index (χ3v) is 6.51. The Kier molecular flexibility index (Phi) is 20.6. The first-order valence-corrected chi connectivity index (χ1v) is 14.4. The molecule has 0 aromatic heterocycles. The Morgan fingerprint density at radius 1 is 0.850 bits per heavy atom. The van der Waals surface area contributed by atoms with E-state index in [-0.39, 0.29) is 5.97 Å². The summed E-state index contributed by atoms with van der Waals surface area (Å²) in [6.45, 7) is 31.4. The van der Waals surface area contributed by atoms with Gasteiger partial charge in [0, 0.05) is 0 Å². The number of hydrogen-bond acceptors (Lipinski definition) is 4. The molecule has 4 nitrogen and oxygen atoms in total. The molecule has 226 valence electrons. The van der Waals surface area contributed by atoms with Gasteiger partial charge < -0.3 is 9.47 Å². The molecule has 40 heavy (non-hydrogen) atoms. The average Bonchev–Trinajstić information content (AvgIpc) is 2.84. The van der Waals surface area contributed by atoms with Crippen LogP contribution in [0.15, 0.2) is 73.4 Å². The van der Waals surface area contributed by atoms with Gasteiger partial charge in [0.15, 0.2) is 0 Å². The lowest BCUT2D eigenvalue weighted by molar-refractivity contribution is -0.136. The normalized spacial score (nSPS) is 11.2. The predicted octanol–water partition coefficient (Wildman–Crippen LogP) is 10.2. The molecular formula is C36H58O4. The number of benzene rings is 1. The number of rotatable bonds is 13. The summed E-state index contributed by atoms with van der Waals surface area (Å²) in [5.74, 6) is -0.375. The van der Waals surface area contributed by atoms with Crippen molar-refractivity contribution in [3.63, 3.8) is 0 Å².